The van der Waals surface area contributed by atoms with Crippen LogP contribution in [-0.4, -0.2) is 16.0 Å². The van der Waals surface area contributed by atoms with Crippen molar-refractivity contribution in [1.82, 2.24) is 9.97 Å². The fourth-order valence-corrected chi connectivity index (χ4v) is 1.61. The number of carbonyl (C=O) groups excluding carboxylic acids is 1. The third-order valence-corrected chi connectivity index (χ3v) is 3.11. The molecule has 2 rings (SSSR count). The van der Waals surface area contributed by atoms with Gasteiger partial charge < -0.3 is 5.32 Å². The molecule has 0 radical (unpaired) electrons. The Morgan fingerprint density at radius 2 is 2.11 bits per heavy atom. The standard InChI is InChI=1S/C12H11BrN4O/c1-8-6-9(2-3-10(8)13)16-12(18)17-11-7-14-4-5-15-11/h2-7H,1H3,(H2,15,16,17,18). The number of halogens is 1. The Bertz CT molecular complexity index is 559. The van der Waals surface area contributed by atoms with Crippen LogP contribution in [0.2, 0.25) is 0 Å². The molecule has 6 heteroatoms. The van der Waals surface area contributed by atoms with Crippen LogP contribution in [0.1, 0.15) is 5.56 Å². The molecule has 0 saturated heterocycles. The van der Waals surface area contributed by atoms with E-state index in [4.69, 9.17) is 0 Å². The van der Waals surface area contributed by atoms with Crippen LogP contribution in [0.4, 0.5) is 16.3 Å². The van der Waals surface area contributed by atoms with Gasteiger partial charge >= 0.3 is 6.03 Å². The monoisotopic (exact) mass is 306 g/mol. The van der Waals surface area contributed by atoms with Gasteiger partial charge in [0, 0.05) is 22.6 Å². The smallest absolute Gasteiger partial charge is 0.308 e. The van der Waals surface area contributed by atoms with E-state index < -0.39 is 0 Å². The maximum absolute atomic E-state index is 11.7. The molecule has 0 atom stereocenters. The lowest BCUT2D eigenvalue weighted by Crippen LogP contribution is -2.20. The number of amides is 2. The molecule has 2 amide bonds. The number of urea groups is 1. The molecular weight excluding hydrogens is 296 g/mol. The fourth-order valence-electron chi connectivity index (χ4n) is 1.36. The summed E-state index contributed by atoms with van der Waals surface area (Å²) in [5.41, 5.74) is 1.77. The Morgan fingerprint density at radius 3 is 2.78 bits per heavy atom. The highest BCUT2D eigenvalue weighted by Gasteiger charge is 2.04. The van der Waals surface area contributed by atoms with Crippen LogP contribution >= 0.6 is 15.9 Å². The lowest BCUT2D eigenvalue weighted by molar-refractivity contribution is 0.262. The summed E-state index contributed by atoms with van der Waals surface area (Å²) in [5.74, 6) is 0.406. The number of aryl methyl sites for hydroxylation is 1. The maximum atomic E-state index is 11.7. The minimum absolute atomic E-state index is 0.350. The van der Waals surface area contributed by atoms with Crippen LogP contribution in [-0.2, 0) is 0 Å². The third kappa shape index (κ3) is 3.27. The zero-order valence-corrected chi connectivity index (χ0v) is 11.2. The minimum Gasteiger partial charge on any atom is -0.308 e. The summed E-state index contributed by atoms with van der Waals surface area (Å²) in [5, 5.41) is 5.31. The van der Waals surface area contributed by atoms with Crippen molar-refractivity contribution in [2.45, 2.75) is 6.92 Å². The molecule has 18 heavy (non-hydrogen) atoms. The van der Waals surface area contributed by atoms with E-state index in [1.807, 2.05) is 25.1 Å². The Balaban J connectivity index is 2.01. The SMILES string of the molecule is Cc1cc(NC(=O)Nc2cnccn2)ccc1Br. The van der Waals surface area contributed by atoms with E-state index in [9.17, 15) is 4.79 Å². The number of hydrogen-bond acceptors (Lipinski definition) is 3. The quantitative estimate of drug-likeness (QED) is 0.895. The van der Waals surface area contributed by atoms with Crippen LogP contribution in [0.3, 0.4) is 0 Å². The predicted molar refractivity (Wildman–Crippen MR) is 73.6 cm³/mol. The van der Waals surface area contributed by atoms with Crippen molar-refractivity contribution in [3.8, 4) is 0 Å². The molecule has 2 aromatic rings. The summed E-state index contributed by atoms with van der Waals surface area (Å²) in [4.78, 5) is 19.5. The van der Waals surface area contributed by atoms with Gasteiger partial charge in [0.2, 0.25) is 0 Å². The number of hydrogen-bond donors (Lipinski definition) is 2. The van der Waals surface area contributed by atoms with Crippen molar-refractivity contribution in [1.29, 1.82) is 0 Å². The van der Waals surface area contributed by atoms with Gasteiger partial charge in [0.25, 0.3) is 0 Å². The van der Waals surface area contributed by atoms with Crippen molar-refractivity contribution in [2.75, 3.05) is 10.6 Å². The van der Waals surface area contributed by atoms with E-state index >= 15 is 0 Å². The normalized spacial score (nSPS) is 9.89. The summed E-state index contributed by atoms with van der Waals surface area (Å²) in [6.45, 7) is 1.95. The molecule has 1 heterocycles. The lowest BCUT2D eigenvalue weighted by atomic mass is 10.2. The molecule has 0 aliphatic rings. The fraction of sp³-hybridized carbons (Fsp3) is 0.0833. The summed E-state index contributed by atoms with van der Waals surface area (Å²) in [6, 6.07) is 5.22. The van der Waals surface area contributed by atoms with Gasteiger partial charge in [0.15, 0.2) is 5.82 Å². The van der Waals surface area contributed by atoms with Crippen molar-refractivity contribution in [3.63, 3.8) is 0 Å². The summed E-state index contributed by atoms with van der Waals surface area (Å²) >= 11 is 3.40. The maximum Gasteiger partial charge on any atom is 0.324 e. The zero-order valence-electron chi connectivity index (χ0n) is 9.64. The van der Waals surface area contributed by atoms with E-state index in [0.29, 0.717) is 5.82 Å². The van der Waals surface area contributed by atoms with Gasteiger partial charge in [-0.05, 0) is 30.7 Å². The van der Waals surface area contributed by atoms with Gasteiger partial charge in [-0.15, -0.1) is 0 Å². The van der Waals surface area contributed by atoms with Crippen molar-refractivity contribution in [2.24, 2.45) is 0 Å². The molecule has 1 aromatic heterocycles. The summed E-state index contributed by atoms with van der Waals surface area (Å²) in [7, 11) is 0. The van der Waals surface area contributed by atoms with E-state index in [-0.39, 0.29) is 6.03 Å². The highest BCUT2D eigenvalue weighted by Crippen LogP contribution is 2.20. The molecule has 0 saturated carbocycles. The topological polar surface area (TPSA) is 66.9 Å². The van der Waals surface area contributed by atoms with Gasteiger partial charge in [0.05, 0.1) is 6.20 Å². The van der Waals surface area contributed by atoms with E-state index in [0.717, 1.165) is 15.7 Å². The second-order valence-electron chi connectivity index (χ2n) is 3.63. The first-order valence-electron chi connectivity index (χ1n) is 5.25. The van der Waals surface area contributed by atoms with Crippen molar-refractivity contribution < 1.29 is 4.79 Å². The number of aromatic nitrogens is 2. The number of anilines is 2. The molecule has 0 spiro atoms. The Morgan fingerprint density at radius 1 is 1.28 bits per heavy atom. The molecular formula is C12H11BrN4O. The molecule has 1 aromatic carbocycles. The van der Waals surface area contributed by atoms with Gasteiger partial charge in [0.1, 0.15) is 0 Å². The number of carbonyl (C=O) groups is 1. The van der Waals surface area contributed by atoms with Crippen molar-refractivity contribution >= 4 is 33.5 Å². The van der Waals surface area contributed by atoms with Crippen molar-refractivity contribution in [3.05, 3.63) is 46.8 Å². The highest BCUT2D eigenvalue weighted by molar-refractivity contribution is 9.10. The summed E-state index contributed by atoms with van der Waals surface area (Å²) in [6.07, 6.45) is 4.53. The largest absolute Gasteiger partial charge is 0.324 e. The van der Waals surface area contributed by atoms with Gasteiger partial charge in [-0.2, -0.15) is 0 Å². The van der Waals surface area contributed by atoms with Crippen LogP contribution in [0, 0.1) is 6.92 Å². The first kappa shape index (κ1) is 12.5. The first-order chi connectivity index (χ1) is 8.65. The van der Waals surface area contributed by atoms with Gasteiger partial charge in [-0.25, -0.2) is 9.78 Å². The Kier molecular flexibility index (Phi) is 3.88. The zero-order chi connectivity index (χ0) is 13.0. The molecule has 0 bridgehead atoms. The Labute approximate surface area is 113 Å². The molecule has 0 aliphatic carbocycles. The first-order valence-corrected chi connectivity index (χ1v) is 6.04. The van der Waals surface area contributed by atoms with Crippen LogP contribution < -0.4 is 10.6 Å². The third-order valence-electron chi connectivity index (χ3n) is 2.22. The second kappa shape index (κ2) is 5.59. The van der Waals surface area contributed by atoms with Crippen LogP contribution in [0.5, 0.6) is 0 Å². The van der Waals surface area contributed by atoms with Gasteiger partial charge in [-0.3, -0.25) is 10.3 Å². The number of nitrogens with one attached hydrogen (secondary N) is 2. The van der Waals surface area contributed by atoms with E-state index in [2.05, 4.69) is 36.5 Å². The number of nitrogens with zero attached hydrogens (tertiary/aromatic N) is 2. The number of rotatable bonds is 2. The minimum atomic E-state index is -0.350. The average Bonchev–Trinajstić information content (AvgIpc) is 2.35. The van der Waals surface area contributed by atoms with Crippen LogP contribution in [0.25, 0.3) is 0 Å². The molecule has 0 unspecified atom stereocenters. The highest BCUT2D eigenvalue weighted by atomic mass is 79.9. The average molecular weight is 307 g/mol. The van der Waals surface area contributed by atoms with Gasteiger partial charge in [-0.1, -0.05) is 15.9 Å². The lowest BCUT2D eigenvalue weighted by Gasteiger charge is -2.07. The molecule has 92 valence electrons. The summed E-state index contributed by atoms with van der Waals surface area (Å²) < 4.78 is 1.00. The van der Waals surface area contributed by atoms with E-state index in [1.54, 1.807) is 6.20 Å². The van der Waals surface area contributed by atoms with Crippen LogP contribution in [0.15, 0.2) is 41.3 Å². The predicted octanol–water partition coefficient (Wildman–Crippen LogP) is 3.19. The second-order valence-corrected chi connectivity index (χ2v) is 4.49. The molecule has 2 N–H and O–H groups in total. The molecule has 0 fully saturated rings. The molecule has 0 aliphatic heterocycles. The number of benzene rings is 1. The molecule has 5 nitrogen and oxygen atoms in total. The Hall–Kier alpha value is -1.95. The van der Waals surface area contributed by atoms with E-state index in [1.165, 1.54) is 12.4 Å².